The quantitative estimate of drug-likeness (QED) is 0.637. The Balaban J connectivity index is 2.11. The zero-order valence-electron chi connectivity index (χ0n) is 5.97. The van der Waals surface area contributed by atoms with Gasteiger partial charge < -0.3 is 5.73 Å². The van der Waals surface area contributed by atoms with Gasteiger partial charge in [-0.15, -0.1) is 0 Å². The standard InChI is InChI=1S/C7H15NS/c1-6(8)4-7-2-3-9-5-7/h6-7H,2-5,8H2,1H3/t6-,7?/m0/s1. The number of hydrogen-bond donors (Lipinski definition) is 1. The molecule has 0 aromatic carbocycles. The van der Waals surface area contributed by atoms with Gasteiger partial charge in [0.25, 0.3) is 0 Å². The summed E-state index contributed by atoms with van der Waals surface area (Å²) in [5.41, 5.74) is 5.66. The highest BCUT2D eigenvalue weighted by molar-refractivity contribution is 7.99. The molecule has 1 rings (SSSR count). The molecule has 1 nitrogen and oxygen atoms in total. The summed E-state index contributed by atoms with van der Waals surface area (Å²) in [6.07, 6.45) is 2.62. The van der Waals surface area contributed by atoms with Crippen LogP contribution in [0.1, 0.15) is 19.8 Å². The van der Waals surface area contributed by atoms with Crippen molar-refractivity contribution in [3.63, 3.8) is 0 Å². The van der Waals surface area contributed by atoms with Gasteiger partial charge in [0.15, 0.2) is 0 Å². The third-order valence-corrected chi connectivity index (χ3v) is 2.96. The van der Waals surface area contributed by atoms with E-state index in [4.69, 9.17) is 5.73 Å². The maximum absolute atomic E-state index is 5.66. The van der Waals surface area contributed by atoms with Crippen molar-refractivity contribution in [1.82, 2.24) is 0 Å². The minimum Gasteiger partial charge on any atom is -0.328 e. The first-order valence-electron chi connectivity index (χ1n) is 3.62. The SMILES string of the molecule is C[C@H](N)CC1CCSC1. The van der Waals surface area contributed by atoms with Gasteiger partial charge in [0.05, 0.1) is 0 Å². The zero-order chi connectivity index (χ0) is 6.69. The molecule has 9 heavy (non-hydrogen) atoms. The van der Waals surface area contributed by atoms with Crippen LogP contribution in [-0.4, -0.2) is 17.5 Å². The minimum atomic E-state index is 0.411. The Hall–Kier alpha value is 0.310. The van der Waals surface area contributed by atoms with Crippen molar-refractivity contribution >= 4 is 11.8 Å². The fourth-order valence-corrected chi connectivity index (χ4v) is 2.60. The molecule has 0 radical (unpaired) electrons. The van der Waals surface area contributed by atoms with E-state index in [1.807, 2.05) is 0 Å². The van der Waals surface area contributed by atoms with Crippen LogP contribution in [0.25, 0.3) is 0 Å². The van der Waals surface area contributed by atoms with Gasteiger partial charge in [-0.25, -0.2) is 0 Å². The van der Waals surface area contributed by atoms with Gasteiger partial charge in [0, 0.05) is 6.04 Å². The van der Waals surface area contributed by atoms with E-state index >= 15 is 0 Å². The topological polar surface area (TPSA) is 26.0 Å². The summed E-state index contributed by atoms with van der Waals surface area (Å²) in [6, 6.07) is 0.411. The van der Waals surface area contributed by atoms with Crippen LogP contribution in [0.3, 0.4) is 0 Å². The van der Waals surface area contributed by atoms with E-state index in [1.165, 1.54) is 24.3 Å². The van der Waals surface area contributed by atoms with Gasteiger partial charge in [-0.2, -0.15) is 11.8 Å². The lowest BCUT2D eigenvalue weighted by molar-refractivity contribution is 0.492. The Kier molecular flexibility index (Phi) is 2.86. The normalized spacial score (nSPS) is 30.7. The zero-order valence-corrected chi connectivity index (χ0v) is 6.79. The second kappa shape index (κ2) is 3.47. The average Bonchev–Trinajstić information content (AvgIpc) is 2.15. The summed E-state index contributed by atoms with van der Waals surface area (Å²) in [5.74, 6) is 3.63. The van der Waals surface area contributed by atoms with E-state index < -0.39 is 0 Å². The van der Waals surface area contributed by atoms with Gasteiger partial charge in [-0.1, -0.05) is 0 Å². The molecular formula is C7H15NS. The first-order chi connectivity index (χ1) is 4.29. The van der Waals surface area contributed by atoms with Crippen LogP contribution >= 0.6 is 11.8 Å². The predicted octanol–water partition coefficient (Wildman–Crippen LogP) is 1.48. The molecule has 1 saturated heterocycles. The van der Waals surface area contributed by atoms with Crippen molar-refractivity contribution in [2.24, 2.45) is 11.7 Å². The minimum absolute atomic E-state index is 0.411. The second-order valence-electron chi connectivity index (χ2n) is 2.94. The summed E-state index contributed by atoms with van der Waals surface area (Å²) in [7, 11) is 0. The average molecular weight is 145 g/mol. The van der Waals surface area contributed by atoms with E-state index in [0.717, 1.165) is 5.92 Å². The lowest BCUT2D eigenvalue weighted by Gasteiger charge is -2.09. The van der Waals surface area contributed by atoms with E-state index in [-0.39, 0.29) is 0 Å². The van der Waals surface area contributed by atoms with Crippen molar-refractivity contribution in [2.75, 3.05) is 11.5 Å². The predicted molar refractivity (Wildman–Crippen MR) is 43.7 cm³/mol. The van der Waals surface area contributed by atoms with Crippen molar-refractivity contribution in [3.8, 4) is 0 Å². The van der Waals surface area contributed by atoms with Gasteiger partial charge >= 0.3 is 0 Å². The molecule has 0 spiro atoms. The molecule has 1 aliphatic heterocycles. The molecule has 0 saturated carbocycles. The van der Waals surface area contributed by atoms with Gasteiger partial charge in [0.1, 0.15) is 0 Å². The Morgan fingerprint density at radius 2 is 2.56 bits per heavy atom. The molecule has 0 aromatic heterocycles. The summed E-state index contributed by atoms with van der Waals surface area (Å²) in [4.78, 5) is 0. The molecule has 2 atom stereocenters. The van der Waals surface area contributed by atoms with Gasteiger partial charge in [-0.05, 0) is 37.2 Å². The summed E-state index contributed by atoms with van der Waals surface area (Å²) in [6.45, 7) is 2.10. The van der Waals surface area contributed by atoms with E-state index in [0.29, 0.717) is 6.04 Å². The highest BCUT2D eigenvalue weighted by atomic mass is 32.2. The second-order valence-corrected chi connectivity index (χ2v) is 4.09. The molecular weight excluding hydrogens is 130 g/mol. The molecule has 0 amide bonds. The maximum Gasteiger partial charge on any atom is 0.00134 e. The first kappa shape index (κ1) is 7.42. The molecule has 0 aromatic rings. The summed E-state index contributed by atoms with van der Waals surface area (Å²) < 4.78 is 0. The molecule has 2 heteroatoms. The number of hydrogen-bond acceptors (Lipinski definition) is 2. The highest BCUT2D eigenvalue weighted by Crippen LogP contribution is 2.26. The fraction of sp³-hybridized carbons (Fsp3) is 1.00. The van der Waals surface area contributed by atoms with Crippen LogP contribution in [0.15, 0.2) is 0 Å². The van der Waals surface area contributed by atoms with Crippen molar-refractivity contribution in [2.45, 2.75) is 25.8 Å². The van der Waals surface area contributed by atoms with E-state index in [2.05, 4.69) is 18.7 Å². The summed E-state index contributed by atoms with van der Waals surface area (Å²) in [5, 5.41) is 0. The smallest absolute Gasteiger partial charge is 0.00134 e. The molecule has 1 aliphatic rings. The third-order valence-electron chi connectivity index (χ3n) is 1.73. The van der Waals surface area contributed by atoms with Crippen molar-refractivity contribution in [3.05, 3.63) is 0 Å². The van der Waals surface area contributed by atoms with E-state index in [1.54, 1.807) is 0 Å². The lowest BCUT2D eigenvalue weighted by Crippen LogP contribution is -2.19. The van der Waals surface area contributed by atoms with E-state index in [9.17, 15) is 0 Å². The Morgan fingerprint density at radius 3 is 3.00 bits per heavy atom. The Morgan fingerprint density at radius 1 is 1.78 bits per heavy atom. The van der Waals surface area contributed by atoms with Gasteiger partial charge in [-0.3, -0.25) is 0 Å². The first-order valence-corrected chi connectivity index (χ1v) is 4.78. The largest absolute Gasteiger partial charge is 0.328 e. The Labute approximate surface area is 61.4 Å². The van der Waals surface area contributed by atoms with Crippen LogP contribution < -0.4 is 5.73 Å². The molecule has 54 valence electrons. The molecule has 0 bridgehead atoms. The molecule has 2 N–H and O–H groups in total. The van der Waals surface area contributed by atoms with Crippen LogP contribution in [0.4, 0.5) is 0 Å². The monoisotopic (exact) mass is 145 g/mol. The fourth-order valence-electron chi connectivity index (χ4n) is 1.30. The summed E-state index contributed by atoms with van der Waals surface area (Å²) >= 11 is 2.07. The van der Waals surface area contributed by atoms with Gasteiger partial charge in [0.2, 0.25) is 0 Å². The highest BCUT2D eigenvalue weighted by Gasteiger charge is 2.15. The van der Waals surface area contributed by atoms with Crippen molar-refractivity contribution < 1.29 is 0 Å². The third kappa shape index (κ3) is 2.59. The molecule has 1 fully saturated rings. The van der Waals surface area contributed by atoms with Crippen LogP contribution in [0, 0.1) is 5.92 Å². The number of thioether (sulfide) groups is 1. The number of rotatable bonds is 2. The lowest BCUT2D eigenvalue weighted by atomic mass is 10.0. The van der Waals surface area contributed by atoms with Crippen molar-refractivity contribution in [1.29, 1.82) is 0 Å². The van der Waals surface area contributed by atoms with Crippen LogP contribution in [-0.2, 0) is 0 Å². The maximum atomic E-state index is 5.66. The Bertz CT molecular complexity index is 77.0. The van der Waals surface area contributed by atoms with Crippen LogP contribution in [0.2, 0.25) is 0 Å². The van der Waals surface area contributed by atoms with Crippen LogP contribution in [0.5, 0.6) is 0 Å². The molecule has 1 unspecified atom stereocenters. The number of nitrogens with two attached hydrogens (primary N) is 1. The molecule has 0 aliphatic carbocycles. The molecule has 1 heterocycles.